The van der Waals surface area contributed by atoms with Crippen LogP contribution in [0.4, 0.5) is 5.69 Å². The minimum atomic E-state index is -4.11. The van der Waals surface area contributed by atoms with Gasteiger partial charge in [-0.3, -0.25) is 14.9 Å². The topological polar surface area (TPSA) is 94.3 Å². The van der Waals surface area contributed by atoms with Crippen LogP contribution in [-0.2, 0) is 15.5 Å². The van der Waals surface area contributed by atoms with E-state index >= 15 is 0 Å². The lowest BCUT2D eigenvalue weighted by Gasteiger charge is -2.05. The second-order valence-electron chi connectivity index (χ2n) is 3.18. The Hall–Kier alpha value is -1.47. The van der Waals surface area contributed by atoms with E-state index in [1.807, 2.05) is 0 Å². The van der Waals surface area contributed by atoms with Crippen LogP contribution in [0.2, 0.25) is 0 Å². The average molecular weight is 278 g/mol. The van der Waals surface area contributed by atoms with Crippen LogP contribution >= 0.6 is 10.7 Å². The minimum absolute atomic E-state index is 0.0408. The molecule has 0 aliphatic carbocycles. The van der Waals surface area contributed by atoms with Crippen LogP contribution in [0.25, 0.3) is 0 Å². The molecule has 0 bridgehead atoms. The highest BCUT2D eigenvalue weighted by Crippen LogP contribution is 2.28. The summed E-state index contributed by atoms with van der Waals surface area (Å²) in [6.07, 6.45) is 0.615. The fourth-order valence-corrected chi connectivity index (χ4v) is 2.23. The van der Waals surface area contributed by atoms with Crippen molar-refractivity contribution in [3.63, 3.8) is 0 Å². The van der Waals surface area contributed by atoms with Gasteiger partial charge >= 0.3 is 0 Å². The third kappa shape index (κ3) is 2.80. The van der Waals surface area contributed by atoms with Crippen molar-refractivity contribution in [3.05, 3.63) is 33.4 Å². The summed E-state index contributed by atoms with van der Waals surface area (Å²) in [5.41, 5.74) is -0.272. The summed E-state index contributed by atoms with van der Waals surface area (Å²) in [5, 5.41) is 10.8. The lowest BCUT2D eigenvalue weighted by molar-refractivity contribution is -0.385. The first-order valence-corrected chi connectivity index (χ1v) is 6.83. The smallest absolute Gasteiger partial charge is 0.274 e. The third-order valence-corrected chi connectivity index (χ3v) is 3.53. The van der Waals surface area contributed by atoms with E-state index in [4.69, 9.17) is 10.7 Å². The van der Waals surface area contributed by atoms with Crippen LogP contribution in [0, 0.1) is 10.1 Å². The number of carbonyl (C=O) groups excluding carboxylic acids is 1. The first-order chi connectivity index (χ1) is 7.81. The number of benzene rings is 1. The predicted octanol–water partition coefficient (Wildman–Crippen LogP) is 1.90. The van der Waals surface area contributed by atoms with E-state index < -0.39 is 24.6 Å². The van der Waals surface area contributed by atoms with E-state index in [1.54, 1.807) is 6.92 Å². The van der Waals surface area contributed by atoms with Crippen molar-refractivity contribution < 1.29 is 18.1 Å². The van der Waals surface area contributed by atoms with Crippen LogP contribution < -0.4 is 0 Å². The fraction of sp³-hybridized carbons (Fsp3) is 0.222. The van der Waals surface area contributed by atoms with E-state index in [2.05, 4.69) is 0 Å². The van der Waals surface area contributed by atoms with Gasteiger partial charge in [-0.1, -0.05) is 6.92 Å². The molecule has 17 heavy (non-hydrogen) atoms. The van der Waals surface area contributed by atoms with Gasteiger partial charge in [0.2, 0.25) is 0 Å². The van der Waals surface area contributed by atoms with E-state index in [0.717, 1.165) is 12.1 Å². The molecule has 0 unspecified atom stereocenters. The maximum absolute atomic E-state index is 11.1. The highest BCUT2D eigenvalue weighted by Gasteiger charge is 2.22. The van der Waals surface area contributed by atoms with Crippen LogP contribution in [0.15, 0.2) is 17.0 Å². The lowest BCUT2D eigenvalue weighted by atomic mass is 10.0. The van der Waals surface area contributed by atoms with Crippen molar-refractivity contribution in [2.24, 2.45) is 0 Å². The number of halogens is 1. The molecule has 1 rings (SSSR count). The molecule has 0 amide bonds. The number of carbonyl (C=O) groups is 1. The van der Waals surface area contributed by atoms with Gasteiger partial charge < -0.3 is 0 Å². The first-order valence-electron chi connectivity index (χ1n) is 4.52. The molecular formula is C9H8ClNO5S. The average Bonchev–Trinajstić information content (AvgIpc) is 2.25. The Morgan fingerprint density at radius 3 is 2.41 bits per heavy atom. The van der Waals surface area contributed by atoms with Gasteiger partial charge in [-0.15, -0.1) is 0 Å². The molecule has 0 aromatic heterocycles. The van der Waals surface area contributed by atoms with Gasteiger partial charge in [0.05, 0.1) is 9.82 Å². The molecule has 0 spiro atoms. The summed E-state index contributed by atoms with van der Waals surface area (Å²) in [6, 6.07) is 1.88. The zero-order valence-electron chi connectivity index (χ0n) is 8.71. The molecule has 0 aliphatic rings. The Morgan fingerprint density at radius 1 is 1.47 bits per heavy atom. The van der Waals surface area contributed by atoms with Crippen LogP contribution in [0.5, 0.6) is 0 Å². The van der Waals surface area contributed by atoms with Crippen molar-refractivity contribution in [2.75, 3.05) is 0 Å². The molecule has 0 heterocycles. The van der Waals surface area contributed by atoms with Crippen molar-refractivity contribution in [2.45, 2.75) is 18.2 Å². The molecule has 0 saturated carbocycles. The van der Waals surface area contributed by atoms with Crippen molar-refractivity contribution in [1.82, 2.24) is 0 Å². The van der Waals surface area contributed by atoms with Crippen LogP contribution in [0.3, 0.4) is 0 Å². The van der Waals surface area contributed by atoms with Crippen molar-refractivity contribution in [1.29, 1.82) is 0 Å². The molecule has 0 fully saturated rings. The molecule has 0 atom stereocenters. The second kappa shape index (κ2) is 4.80. The summed E-state index contributed by atoms with van der Waals surface area (Å²) in [6.45, 7) is 1.63. The van der Waals surface area contributed by atoms with Crippen LogP contribution in [-0.4, -0.2) is 19.6 Å². The van der Waals surface area contributed by atoms with Crippen molar-refractivity contribution >= 4 is 31.7 Å². The fourth-order valence-electron chi connectivity index (χ4n) is 1.45. The maximum atomic E-state index is 11.1. The Kier molecular flexibility index (Phi) is 3.84. The largest absolute Gasteiger partial charge is 0.298 e. The molecular weight excluding hydrogens is 270 g/mol. The van der Waals surface area contributed by atoms with E-state index in [9.17, 15) is 23.3 Å². The summed E-state index contributed by atoms with van der Waals surface area (Å²) >= 11 is 0. The Balaban J connectivity index is 3.69. The highest BCUT2D eigenvalue weighted by molar-refractivity contribution is 8.13. The molecule has 1 aromatic carbocycles. The number of hydrogen-bond donors (Lipinski definition) is 0. The summed E-state index contributed by atoms with van der Waals surface area (Å²) in [4.78, 5) is 20.4. The number of nitrogens with zero attached hydrogens (tertiary/aromatic N) is 1. The maximum Gasteiger partial charge on any atom is 0.274 e. The summed E-state index contributed by atoms with van der Waals surface area (Å²) in [5.74, 6) is 0. The zero-order valence-corrected chi connectivity index (χ0v) is 10.3. The molecule has 0 N–H and O–H groups in total. The summed E-state index contributed by atoms with van der Waals surface area (Å²) < 4.78 is 22.2. The monoisotopic (exact) mass is 277 g/mol. The Morgan fingerprint density at radius 2 is 2.06 bits per heavy atom. The number of rotatable bonds is 4. The first kappa shape index (κ1) is 13.6. The van der Waals surface area contributed by atoms with Crippen molar-refractivity contribution in [3.8, 4) is 0 Å². The quantitative estimate of drug-likeness (QED) is 0.362. The zero-order chi connectivity index (χ0) is 13.2. The van der Waals surface area contributed by atoms with E-state index in [0.29, 0.717) is 6.29 Å². The van der Waals surface area contributed by atoms with Gasteiger partial charge in [-0.2, -0.15) is 0 Å². The number of nitro benzene ring substituents is 1. The molecule has 0 saturated heterocycles. The van der Waals surface area contributed by atoms with Gasteiger partial charge in [-0.25, -0.2) is 8.42 Å². The molecule has 0 aliphatic heterocycles. The molecule has 1 aromatic rings. The second-order valence-corrected chi connectivity index (χ2v) is 5.74. The number of nitro groups is 1. The SMILES string of the molecule is CCc1c(C=O)cc(S(=O)(=O)Cl)cc1[N+](=O)[O-]. The molecule has 6 nitrogen and oxygen atoms in total. The summed E-state index contributed by atoms with van der Waals surface area (Å²) in [7, 11) is 0.986. The van der Waals surface area contributed by atoms with E-state index in [-0.39, 0.29) is 17.5 Å². The highest BCUT2D eigenvalue weighted by atomic mass is 35.7. The Bertz CT molecular complexity index is 581. The van der Waals surface area contributed by atoms with Gasteiger partial charge in [0.25, 0.3) is 14.7 Å². The van der Waals surface area contributed by atoms with Gasteiger partial charge in [0.1, 0.15) is 0 Å². The van der Waals surface area contributed by atoms with Gasteiger partial charge in [0, 0.05) is 27.9 Å². The van der Waals surface area contributed by atoms with Gasteiger partial charge in [-0.05, 0) is 12.5 Å². The lowest BCUT2D eigenvalue weighted by Crippen LogP contribution is -2.02. The molecule has 8 heteroatoms. The standard InChI is InChI=1S/C9H8ClNO5S/c1-2-8-6(5-12)3-7(17(10,15)16)4-9(8)11(13)14/h3-5H,2H2,1H3. The number of hydrogen-bond acceptors (Lipinski definition) is 5. The Labute approximate surface area is 102 Å². The van der Waals surface area contributed by atoms with Crippen LogP contribution in [0.1, 0.15) is 22.8 Å². The predicted molar refractivity (Wildman–Crippen MR) is 60.9 cm³/mol. The normalized spacial score (nSPS) is 11.2. The van der Waals surface area contributed by atoms with Gasteiger partial charge in [0.15, 0.2) is 6.29 Å². The minimum Gasteiger partial charge on any atom is -0.298 e. The molecule has 0 radical (unpaired) electrons. The molecule has 92 valence electrons. The third-order valence-electron chi connectivity index (χ3n) is 2.19. The van der Waals surface area contributed by atoms with E-state index in [1.165, 1.54) is 0 Å². The number of aldehydes is 1.